The van der Waals surface area contributed by atoms with Crippen LogP contribution in [0.15, 0.2) is 54.6 Å². The van der Waals surface area contributed by atoms with Crippen molar-refractivity contribution in [1.29, 1.82) is 0 Å². The van der Waals surface area contributed by atoms with Crippen molar-refractivity contribution >= 4 is 21.5 Å². The van der Waals surface area contributed by atoms with Gasteiger partial charge in [-0.1, -0.05) is 37.3 Å². The summed E-state index contributed by atoms with van der Waals surface area (Å²) >= 11 is 0. The second-order valence-corrected chi connectivity index (χ2v) is 9.38. The number of carbonyl (C=O) groups excluding carboxylic acids is 2. The summed E-state index contributed by atoms with van der Waals surface area (Å²) in [5.41, 5.74) is 1.15. The first-order valence-corrected chi connectivity index (χ1v) is 11.5. The SMILES string of the molecule is CCCN(C(=O)COc1ccc(C(=O)c2ccccc2)cc1)[C@H]1CCS(=O)(=O)C1. The number of ether oxygens (including phenoxy) is 1. The second kappa shape index (κ2) is 9.22. The fourth-order valence-electron chi connectivity index (χ4n) is 3.46. The third kappa shape index (κ3) is 5.44. The van der Waals surface area contributed by atoms with E-state index in [2.05, 4.69) is 0 Å². The molecule has 1 fully saturated rings. The Morgan fingerprint density at radius 2 is 1.69 bits per heavy atom. The highest BCUT2D eigenvalue weighted by atomic mass is 32.2. The molecule has 0 aliphatic carbocycles. The molecular weight excluding hydrogens is 390 g/mol. The molecule has 1 heterocycles. The molecule has 0 saturated carbocycles. The summed E-state index contributed by atoms with van der Waals surface area (Å²) < 4.78 is 29.1. The van der Waals surface area contributed by atoms with E-state index in [9.17, 15) is 18.0 Å². The molecule has 0 unspecified atom stereocenters. The van der Waals surface area contributed by atoms with Crippen molar-refractivity contribution in [2.24, 2.45) is 0 Å². The first kappa shape index (κ1) is 21.0. The van der Waals surface area contributed by atoms with Crippen LogP contribution in [0.25, 0.3) is 0 Å². The van der Waals surface area contributed by atoms with E-state index in [1.54, 1.807) is 41.3 Å². The molecule has 3 rings (SSSR count). The molecule has 154 valence electrons. The number of carbonyl (C=O) groups is 2. The predicted octanol–water partition coefficient (Wildman–Crippen LogP) is 2.72. The number of sulfone groups is 1. The summed E-state index contributed by atoms with van der Waals surface area (Å²) in [4.78, 5) is 26.7. The number of benzene rings is 2. The van der Waals surface area contributed by atoms with Crippen molar-refractivity contribution in [3.05, 3.63) is 65.7 Å². The third-order valence-corrected chi connectivity index (χ3v) is 6.70. The number of amides is 1. The monoisotopic (exact) mass is 415 g/mol. The van der Waals surface area contributed by atoms with Crippen LogP contribution in [0.3, 0.4) is 0 Å². The van der Waals surface area contributed by atoms with E-state index in [1.807, 2.05) is 25.1 Å². The first-order chi connectivity index (χ1) is 13.9. The Morgan fingerprint density at radius 1 is 1.03 bits per heavy atom. The Morgan fingerprint density at radius 3 is 2.28 bits per heavy atom. The summed E-state index contributed by atoms with van der Waals surface area (Å²) in [7, 11) is -3.06. The highest BCUT2D eigenvalue weighted by Crippen LogP contribution is 2.19. The Kier molecular flexibility index (Phi) is 6.69. The molecule has 7 heteroatoms. The molecule has 0 radical (unpaired) electrons. The molecule has 29 heavy (non-hydrogen) atoms. The number of rotatable bonds is 8. The number of nitrogens with zero attached hydrogens (tertiary/aromatic N) is 1. The summed E-state index contributed by atoms with van der Waals surface area (Å²) in [6.07, 6.45) is 1.23. The maximum atomic E-state index is 12.6. The molecule has 0 N–H and O–H groups in total. The lowest BCUT2D eigenvalue weighted by atomic mass is 10.0. The molecule has 0 bridgehead atoms. The zero-order chi connectivity index (χ0) is 20.9. The largest absolute Gasteiger partial charge is 0.484 e. The van der Waals surface area contributed by atoms with Crippen molar-refractivity contribution in [3.8, 4) is 5.75 Å². The fraction of sp³-hybridized carbons (Fsp3) is 0.364. The first-order valence-electron chi connectivity index (χ1n) is 9.72. The van der Waals surface area contributed by atoms with Gasteiger partial charge in [-0.2, -0.15) is 0 Å². The van der Waals surface area contributed by atoms with Gasteiger partial charge in [0, 0.05) is 23.7 Å². The van der Waals surface area contributed by atoms with Crippen LogP contribution in [0.2, 0.25) is 0 Å². The Hall–Kier alpha value is -2.67. The normalized spacial score (nSPS) is 17.6. The molecule has 1 aliphatic rings. The minimum atomic E-state index is -3.06. The van der Waals surface area contributed by atoms with Gasteiger partial charge in [-0.15, -0.1) is 0 Å². The Balaban J connectivity index is 1.60. The van der Waals surface area contributed by atoms with Gasteiger partial charge in [-0.05, 0) is 37.1 Å². The smallest absolute Gasteiger partial charge is 0.260 e. The van der Waals surface area contributed by atoms with Crippen LogP contribution < -0.4 is 4.74 Å². The quantitative estimate of drug-likeness (QED) is 0.620. The molecular formula is C22H25NO5S. The van der Waals surface area contributed by atoms with Gasteiger partial charge >= 0.3 is 0 Å². The summed E-state index contributed by atoms with van der Waals surface area (Å²) in [6.45, 7) is 2.29. The predicted molar refractivity (Wildman–Crippen MR) is 111 cm³/mol. The Bertz CT molecular complexity index is 954. The molecule has 0 spiro atoms. The van der Waals surface area contributed by atoms with Gasteiger partial charge in [-0.3, -0.25) is 9.59 Å². The molecule has 0 aromatic heterocycles. The maximum Gasteiger partial charge on any atom is 0.260 e. The highest BCUT2D eigenvalue weighted by molar-refractivity contribution is 7.91. The third-order valence-electron chi connectivity index (χ3n) is 4.95. The molecule has 1 atom stereocenters. The minimum absolute atomic E-state index is 0.0229. The van der Waals surface area contributed by atoms with Gasteiger partial charge < -0.3 is 9.64 Å². The van der Waals surface area contributed by atoms with E-state index in [-0.39, 0.29) is 35.8 Å². The Labute approximate surface area is 171 Å². The van der Waals surface area contributed by atoms with Crippen LogP contribution in [0, 0.1) is 0 Å². The minimum Gasteiger partial charge on any atom is -0.484 e. The number of ketones is 1. The lowest BCUT2D eigenvalue weighted by Gasteiger charge is -2.27. The molecule has 1 saturated heterocycles. The van der Waals surface area contributed by atoms with Crippen molar-refractivity contribution in [3.63, 3.8) is 0 Å². The van der Waals surface area contributed by atoms with Crippen molar-refractivity contribution in [2.75, 3.05) is 24.7 Å². The summed E-state index contributed by atoms with van der Waals surface area (Å²) in [5, 5.41) is 0. The van der Waals surface area contributed by atoms with E-state index in [4.69, 9.17) is 4.74 Å². The topological polar surface area (TPSA) is 80.8 Å². The molecule has 2 aromatic rings. The van der Waals surface area contributed by atoms with E-state index < -0.39 is 9.84 Å². The lowest BCUT2D eigenvalue weighted by molar-refractivity contribution is -0.135. The number of hydrogen-bond acceptors (Lipinski definition) is 5. The van der Waals surface area contributed by atoms with Crippen LogP contribution in [-0.2, 0) is 14.6 Å². The molecule has 1 aliphatic heterocycles. The van der Waals surface area contributed by atoms with Gasteiger partial charge in [0.2, 0.25) is 0 Å². The van der Waals surface area contributed by atoms with Crippen molar-refractivity contribution in [1.82, 2.24) is 4.90 Å². The van der Waals surface area contributed by atoms with Crippen LogP contribution in [0.5, 0.6) is 5.75 Å². The average molecular weight is 416 g/mol. The fourth-order valence-corrected chi connectivity index (χ4v) is 5.19. The van der Waals surface area contributed by atoms with Gasteiger partial charge in [0.05, 0.1) is 11.5 Å². The van der Waals surface area contributed by atoms with Crippen molar-refractivity contribution in [2.45, 2.75) is 25.8 Å². The van der Waals surface area contributed by atoms with Crippen LogP contribution >= 0.6 is 0 Å². The molecule has 6 nitrogen and oxygen atoms in total. The zero-order valence-corrected chi connectivity index (χ0v) is 17.2. The van der Waals surface area contributed by atoms with Gasteiger partial charge in [0.25, 0.3) is 5.91 Å². The van der Waals surface area contributed by atoms with Gasteiger partial charge in [0.15, 0.2) is 22.2 Å². The summed E-state index contributed by atoms with van der Waals surface area (Å²) in [6, 6.07) is 15.4. The zero-order valence-electron chi connectivity index (χ0n) is 16.4. The highest BCUT2D eigenvalue weighted by Gasteiger charge is 2.34. The van der Waals surface area contributed by atoms with Gasteiger partial charge in [-0.25, -0.2) is 8.42 Å². The van der Waals surface area contributed by atoms with Gasteiger partial charge in [0.1, 0.15) is 5.75 Å². The van der Waals surface area contributed by atoms with Crippen LogP contribution in [0.1, 0.15) is 35.7 Å². The molecule has 2 aromatic carbocycles. The van der Waals surface area contributed by atoms with E-state index in [0.29, 0.717) is 29.8 Å². The van der Waals surface area contributed by atoms with E-state index >= 15 is 0 Å². The lowest BCUT2D eigenvalue weighted by Crippen LogP contribution is -2.44. The standard InChI is InChI=1S/C22H25NO5S/c1-2-13-23(19-12-14-29(26,27)16-19)21(24)15-28-20-10-8-18(9-11-20)22(25)17-6-4-3-5-7-17/h3-11,19H,2,12-16H2,1H3/t19-/m0/s1. The van der Waals surface area contributed by atoms with Crippen molar-refractivity contribution < 1.29 is 22.7 Å². The molecule has 1 amide bonds. The van der Waals surface area contributed by atoms with Crippen LogP contribution in [0.4, 0.5) is 0 Å². The average Bonchev–Trinajstić information content (AvgIpc) is 3.10. The number of hydrogen-bond donors (Lipinski definition) is 0. The second-order valence-electron chi connectivity index (χ2n) is 7.15. The van der Waals surface area contributed by atoms with E-state index in [1.165, 1.54) is 0 Å². The van der Waals surface area contributed by atoms with Crippen LogP contribution in [-0.4, -0.2) is 55.7 Å². The van der Waals surface area contributed by atoms with E-state index in [0.717, 1.165) is 6.42 Å². The maximum absolute atomic E-state index is 12.6. The summed E-state index contributed by atoms with van der Waals surface area (Å²) in [5.74, 6) is 0.333.